The van der Waals surface area contributed by atoms with E-state index in [0.29, 0.717) is 4.99 Å². The van der Waals surface area contributed by atoms with Crippen LogP contribution >= 0.6 is 12.2 Å². The van der Waals surface area contributed by atoms with Crippen LogP contribution in [-0.4, -0.2) is 22.5 Å². The minimum atomic E-state index is 0.130. The van der Waals surface area contributed by atoms with Gasteiger partial charge in [-0.05, 0) is 32.9 Å². The summed E-state index contributed by atoms with van der Waals surface area (Å²) in [4.78, 5) is 2.95. The molecule has 0 aliphatic rings. The topological polar surface area (TPSA) is 29.3 Å². The maximum absolute atomic E-state index is 5.76. The first-order valence-corrected chi connectivity index (χ1v) is 6.85. The Bertz CT molecular complexity index is 387. The fourth-order valence-corrected chi connectivity index (χ4v) is 2.17. The molecule has 0 aliphatic heterocycles. The summed E-state index contributed by atoms with van der Waals surface area (Å²) in [6, 6.07) is 10.7. The van der Waals surface area contributed by atoms with Gasteiger partial charge in [0.1, 0.15) is 0 Å². The van der Waals surface area contributed by atoms with E-state index in [-0.39, 0.29) is 11.6 Å². The van der Waals surface area contributed by atoms with Crippen LogP contribution in [0.2, 0.25) is 0 Å². The van der Waals surface area contributed by atoms with E-state index in [2.05, 4.69) is 57.0 Å². The first kappa shape index (κ1) is 15.1. The van der Waals surface area contributed by atoms with Crippen molar-refractivity contribution < 1.29 is 0 Å². The van der Waals surface area contributed by atoms with Gasteiger partial charge in [0.15, 0.2) is 0 Å². The number of rotatable bonds is 6. The normalized spacial score (nSPS) is 13.6. The van der Waals surface area contributed by atoms with Crippen LogP contribution in [-0.2, 0) is 0 Å². The molecule has 0 amide bonds. The molecule has 1 atom stereocenters. The van der Waals surface area contributed by atoms with E-state index in [1.807, 2.05) is 6.07 Å². The van der Waals surface area contributed by atoms with Crippen LogP contribution in [0.4, 0.5) is 0 Å². The second-order valence-corrected chi connectivity index (χ2v) is 5.90. The van der Waals surface area contributed by atoms with E-state index in [0.717, 1.165) is 12.8 Å². The summed E-state index contributed by atoms with van der Waals surface area (Å²) in [6.45, 7) is 6.71. The highest BCUT2D eigenvalue weighted by molar-refractivity contribution is 7.80. The van der Waals surface area contributed by atoms with Crippen molar-refractivity contribution in [1.29, 1.82) is 0 Å². The number of hydrogen-bond donors (Lipinski definition) is 1. The van der Waals surface area contributed by atoms with E-state index in [4.69, 9.17) is 18.0 Å². The summed E-state index contributed by atoms with van der Waals surface area (Å²) in [7, 11) is 2.15. The third-order valence-electron chi connectivity index (χ3n) is 3.87. The van der Waals surface area contributed by atoms with Crippen molar-refractivity contribution in [3.8, 4) is 0 Å². The van der Waals surface area contributed by atoms with Crippen molar-refractivity contribution in [3.63, 3.8) is 0 Å². The average molecular weight is 264 g/mol. The highest BCUT2D eigenvalue weighted by Gasteiger charge is 2.29. The van der Waals surface area contributed by atoms with Crippen LogP contribution in [0.25, 0.3) is 0 Å². The number of thiocarbonyl (C=S) groups is 1. The Balaban J connectivity index is 3.03. The fourth-order valence-electron chi connectivity index (χ4n) is 2.02. The molecule has 1 rings (SSSR count). The molecule has 2 N–H and O–H groups in total. The van der Waals surface area contributed by atoms with Gasteiger partial charge < -0.3 is 5.73 Å². The standard InChI is InChI=1S/C15H24N2S/c1-5-15(2,3)17(4)13(11-14(16)18)12-9-7-6-8-10-12/h6-10,13H,5,11H2,1-4H3,(H2,16,18). The van der Waals surface area contributed by atoms with Gasteiger partial charge in [-0.15, -0.1) is 0 Å². The van der Waals surface area contributed by atoms with Crippen LogP contribution in [0, 0.1) is 0 Å². The molecular formula is C15H24N2S. The molecule has 1 aromatic rings. The van der Waals surface area contributed by atoms with Gasteiger partial charge in [0.25, 0.3) is 0 Å². The van der Waals surface area contributed by atoms with Gasteiger partial charge in [-0.1, -0.05) is 49.5 Å². The summed E-state index contributed by atoms with van der Waals surface area (Å²) in [6.07, 6.45) is 1.81. The second kappa shape index (κ2) is 6.30. The Morgan fingerprint density at radius 1 is 1.33 bits per heavy atom. The van der Waals surface area contributed by atoms with Crippen LogP contribution in [0.15, 0.2) is 30.3 Å². The summed E-state index contributed by atoms with van der Waals surface area (Å²) in [5.41, 5.74) is 7.16. The zero-order valence-corrected chi connectivity index (χ0v) is 12.6. The number of nitrogens with zero attached hydrogens (tertiary/aromatic N) is 1. The fraction of sp³-hybridized carbons (Fsp3) is 0.533. The van der Waals surface area contributed by atoms with Gasteiger partial charge in [0, 0.05) is 18.0 Å². The van der Waals surface area contributed by atoms with Gasteiger partial charge >= 0.3 is 0 Å². The van der Waals surface area contributed by atoms with Crippen LogP contribution < -0.4 is 5.73 Å². The zero-order chi connectivity index (χ0) is 13.8. The Kier molecular flexibility index (Phi) is 5.29. The second-order valence-electron chi connectivity index (χ2n) is 5.37. The molecule has 3 heteroatoms. The summed E-state index contributed by atoms with van der Waals surface area (Å²) < 4.78 is 0. The highest BCUT2D eigenvalue weighted by Crippen LogP contribution is 2.31. The van der Waals surface area contributed by atoms with Gasteiger partial charge in [-0.2, -0.15) is 0 Å². The molecule has 0 aromatic heterocycles. The molecular weight excluding hydrogens is 240 g/mol. The molecule has 2 nitrogen and oxygen atoms in total. The Morgan fingerprint density at radius 3 is 2.33 bits per heavy atom. The molecule has 0 spiro atoms. The van der Waals surface area contributed by atoms with Crippen LogP contribution in [0.5, 0.6) is 0 Å². The number of nitrogens with two attached hydrogens (primary N) is 1. The molecule has 0 bridgehead atoms. The maximum atomic E-state index is 5.76. The molecule has 0 fully saturated rings. The molecule has 18 heavy (non-hydrogen) atoms. The zero-order valence-electron chi connectivity index (χ0n) is 11.8. The molecule has 1 aromatic carbocycles. The number of hydrogen-bond acceptors (Lipinski definition) is 2. The van der Waals surface area contributed by atoms with Crippen LogP contribution in [0.3, 0.4) is 0 Å². The highest BCUT2D eigenvalue weighted by atomic mass is 32.1. The SMILES string of the molecule is CCC(C)(C)N(C)C(CC(N)=S)c1ccccc1. The van der Waals surface area contributed by atoms with Crippen molar-refractivity contribution in [3.05, 3.63) is 35.9 Å². The smallest absolute Gasteiger partial charge is 0.0746 e. The Hall–Kier alpha value is -0.930. The van der Waals surface area contributed by atoms with Crippen molar-refractivity contribution in [2.45, 2.75) is 45.2 Å². The largest absolute Gasteiger partial charge is 0.393 e. The summed E-state index contributed by atoms with van der Waals surface area (Å²) in [5.74, 6) is 0. The van der Waals surface area contributed by atoms with Crippen molar-refractivity contribution >= 4 is 17.2 Å². The van der Waals surface area contributed by atoms with Gasteiger partial charge in [0.05, 0.1) is 4.99 Å². The van der Waals surface area contributed by atoms with E-state index in [9.17, 15) is 0 Å². The van der Waals surface area contributed by atoms with Crippen LogP contribution in [0.1, 0.15) is 45.2 Å². The average Bonchev–Trinajstić information content (AvgIpc) is 2.36. The van der Waals surface area contributed by atoms with E-state index >= 15 is 0 Å². The minimum absolute atomic E-state index is 0.130. The van der Waals surface area contributed by atoms with Crippen molar-refractivity contribution in [1.82, 2.24) is 4.90 Å². The maximum Gasteiger partial charge on any atom is 0.0746 e. The first-order valence-electron chi connectivity index (χ1n) is 6.44. The molecule has 100 valence electrons. The third-order valence-corrected chi connectivity index (χ3v) is 4.03. The Morgan fingerprint density at radius 2 is 1.89 bits per heavy atom. The molecule has 0 radical (unpaired) electrons. The van der Waals surface area contributed by atoms with E-state index in [1.54, 1.807) is 0 Å². The monoisotopic (exact) mass is 264 g/mol. The molecule has 1 unspecified atom stereocenters. The summed E-state index contributed by atoms with van der Waals surface area (Å²) >= 11 is 5.10. The molecule has 0 aliphatic carbocycles. The van der Waals surface area contributed by atoms with Crippen molar-refractivity contribution in [2.24, 2.45) is 5.73 Å². The first-order chi connectivity index (χ1) is 8.38. The number of benzene rings is 1. The van der Waals surface area contributed by atoms with Gasteiger partial charge in [0.2, 0.25) is 0 Å². The van der Waals surface area contributed by atoms with Crippen molar-refractivity contribution in [2.75, 3.05) is 7.05 Å². The van der Waals surface area contributed by atoms with Gasteiger partial charge in [-0.25, -0.2) is 0 Å². The molecule has 0 saturated carbocycles. The lowest BCUT2D eigenvalue weighted by Gasteiger charge is -2.41. The quantitative estimate of drug-likeness (QED) is 0.797. The van der Waals surface area contributed by atoms with E-state index < -0.39 is 0 Å². The minimum Gasteiger partial charge on any atom is -0.393 e. The lowest BCUT2D eigenvalue weighted by Crippen LogP contribution is -2.43. The predicted octanol–water partition coefficient (Wildman–Crippen LogP) is 3.52. The summed E-state index contributed by atoms with van der Waals surface area (Å²) in [5, 5.41) is 0. The predicted molar refractivity (Wildman–Crippen MR) is 82.7 cm³/mol. The molecule has 0 saturated heterocycles. The van der Waals surface area contributed by atoms with E-state index in [1.165, 1.54) is 5.56 Å². The van der Waals surface area contributed by atoms with Gasteiger partial charge in [-0.3, -0.25) is 4.90 Å². The lowest BCUT2D eigenvalue weighted by molar-refractivity contribution is 0.100. The molecule has 0 heterocycles. The Labute approximate surface area is 116 Å². The third kappa shape index (κ3) is 3.79. The lowest BCUT2D eigenvalue weighted by atomic mass is 9.93.